The number of benzene rings is 1. The lowest BCUT2D eigenvalue weighted by atomic mass is 9.78. The number of fused-ring (bicyclic) bond motifs is 2. The number of unbranched alkanes of at least 4 members (excludes halogenated alkanes) is 1. The number of hydrogen-bond acceptors (Lipinski definition) is 4. The molecule has 0 spiro atoms. The van der Waals surface area contributed by atoms with Crippen molar-refractivity contribution in [2.75, 3.05) is 0 Å². The highest BCUT2D eigenvalue weighted by molar-refractivity contribution is 7.89. The average Bonchev–Trinajstić information content (AvgIpc) is 3.27. The van der Waals surface area contributed by atoms with Gasteiger partial charge in [0.05, 0.1) is 4.90 Å². The largest absolute Gasteiger partial charge is 0.481 e. The van der Waals surface area contributed by atoms with Gasteiger partial charge >= 0.3 is 5.97 Å². The third-order valence-electron chi connectivity index (χ3n) is 6.25. The molecule has 29 heavy (non-hydrogen) atoms. The van der Waals surface area contributed by atoms with E-state index in [0.29, 0.717) is 24.2 Å². The van der Waals surface area contributed by atoms with Crippen LogP contribution in [0.4, 0.5) is 0 Å². The van der Waals surface area contributed by atoms with Crippen LogP contribution in [0.15, 0.2) is 46.4 Å². The van der Waals surface area contributed by atoms with Gasteiger partial charge in [-0.05, 0) is 75.3 Å². The predicted octanol–water partition coefficient (Wildman–Crippen LogP) is 4.12. The van der Waals surface area contributed by atoms with Gasteiger partial charge in [0.1, 0.15) is 0 Å². The van der Waals surface area contributed by atoms with E-state index >= 15 is 0 Å². The summed E-state index contributed by atoms with van der Waals surface area (Å²) in [5, 5.41) is 12.8. The number of hydrazone groups is 1. The van der Waals surface area contributed by atoms with Crippen LogP contribution in [-0.2, 0) is 14.8 Å². The number of aliphatic carboxylic acids is 1. The van der Waals surface area contributed by atoms with E-state index in [1.165, 1.54) is 19.3 Å². The Hall–Kier alpha value is -2.15. The second-order valence-electron chi connectivity index (χ2n) is 8.25. The normalized spacial score (nSPS) is 26.5. The van der Waals surface area contributed by atoms with Crippen LogP contribution in [0.25, 0.3) is 0 Å². The fourth-order valence-corrected chi connectivity index (χ4v) is 5.53. The van der Waals surface area contributed by atoms with Crippen molar-refractivity contribution >= 4 is 22.2 Å². The first-order chi connectivity index (χ1) is 13.9. The number of allylic oxidation sites excluding steroid dienone is 2. The number of carboxylic acids is 1. The Morgan fingerprint density at radius 2 is 1.93 bits per heavy atom. The molecule has 2 saturated carbocycles. The molecule has 0 aromatic heterocycles. The van der Waals surface area contributed by atoms with Gasteiger partial charge in [-0.1, -0.05) is 29.8 Å². The van der Waals surface area contributed by atoms with E-state index < -0.39 is 16.0 Å². The van der Waals surface area contributed by atoms with Crippen LogP contribution < -0.4 is 4.83 Å². The third kappa shape index (κ3) is 5.69. The van der Waals surface area contributed by atoms with Crippen LogP contribution in [0.5, 0.6) is 0 Å². The molecule has 2 bridgehead atoms. The first-order valence-electron chi connectivity index (χ1n) is 10.4. The van der Waals surface area contributed by atoms with Crippen molar-refractivity contribution in [2.45, 2.75) is 56.8 Å². The lowest BCUT2D eigenvalue weighted by Gasteiger charge is -2.27. The number of carbonyl (C=O) groups is 1. The summed E-state index contributed by atoms with van der Waals surface area (Å²) in [4.78, 5) is 13.1. The van der Waals surface area contributed by atoms with Crippen molar-refractivity contribution in [3.05, 3.63) is 42.0 Å². The molecule has 4 atom stereocenters. The summed E-state index contributed by atoms with van der Waals surface area (Å²) in [5.74, 6) is 1.28. The van der Waals surface area contributed by atoms with Gasteiger partial charge < -0.3 is 5.11 Å². The molecule has 0 saturated heterocycles. The van der Waals surface area contributed by atoms with Crippen LogP contribution in [0.2, 0.25) is 0 Å². The van der Waals surface area contributed by atoms with Gasteiger partial charge in [0.25, 0.3) is 10.0 Å². The minimum Gasteiger partial charge on any atom is -0.481 e. The minimum absolute atomic E-state index is 0.203. The Bertz CT molecular complexity index is 861. The summed E-state index contributed by atoms with van der Waals surface area (Å²) in [7, 11) is -3.64. The molecule has 2 N–H and O–H groups in total. The lowest BCUT2D eigenvalue weighted by molar-refractivity contribution is -0.137. The van der Waals surface area contributed by atoms with Crippen molar-refractivity contribution in [3.63, 3.8) is 0 Å². The molecule has 7 heteroatoms. The lowest BCUT2D eigenvalue weighted by Crippen LogP contribution is -2.25. The number of rotatable bonds is 10. The van der Waals surface area contributed by atoms with Crippen molar-refractivity contribution in [1.29, 1.82) is 0 Å². The Kier molecular flexibility index (Phi) is 7.11. The summed E-state index contributed by atoms with van der Waals surface area (Å²) < 4.78 is 24.8. The summed E-state index contributed by atoms with van der Waals surface area (Å²) >= 11 is 0. The Labute approximate surface area is 173 Å². The molecule has 0 amide bonds. The zero-order chi connectivity index (χ0) is 20.9. The number of hydrogen-bond donors (Lipinski definition) is 2. The maximum absolute atomic E-state index is 12.4. The number of carboxylic acid groups (broad SMARTS) is 1. The molecule has 2 fully saturated rings. The van der Waals surface area contributed by atoms with E-state index in [0.717, 1.165) is 18.4 Å². The summed E-state index contributed by atoms with van der Waals surface area (Å²) in [6.45, 7) is 1.91. The molecular weight excluding hydrogens is 388 g/mol. The summed E-state index contributed by atoms with van der Waals surface area (Å²) in [5.41, 5.74) is 1.01. The number of sulfonamides is 1. The summed E-state index contributed by atoms with van der Waals surface area (Å²) in [6.07, 6.45) is 12.2. The number of nitrogens with one attached hydrogen (secondary N) is 1. The molecule has 6 nitrogen and oxygen atoms in total. The molecular formula is C22H30N2O4S. The van der Waals surface area contributed by atoms with Gasteiger partial charge in [-0.3, -0.25) is 4.79 Å². The van der Waals surface area contributed by atoms with Gasteiger partial charge in [0.2, 0.25) is 0 Å². The van der Waals surface area contributed by atoms with Crippen molar-refractivity contribution in [3.8, 4) is 0 Å². The van der Waals surface area contributed by atoms with Crippen molar-refractivity contribution in [2.24, 2.45) is 28.8 Å². The van der Waals surface area contributed by atoms with E-state index in [2.05, 4.69) is 22.1 Å². The predicted molar refractivity (Wildman–Crippen MR) is 113 cm³/mol. The number of nitrogens with zero attached hydrogens (tertiary/aromatic N) is 1. The Morgan fingerprint density at radius 1 is 1.21 bits per heavy atom. The zero-order valence-electron chi connectivity index (χ0n) is 16.8. The molecule has 0 radical (unpaired) electrons. The molecule has 158 valence electrons. The Balaban J connectivity index is 1.56. The standard InChI is InChI=1S/C22H30N2O4S/c1-16-8-12-19(13-9-16)29(27,28)24-23-15-21-18-11-10-17(14-18)20(21)6-4-2-3-5-7-22(25)26/h2,4,8-9,12-13,15,17-18,20-21,24H,3,5-7,10-11,14H2,1H3,(H,25,26)/b4-2-,23-15?. The topological polar surface area (TPSA) is 95.8 Å². The maximum atomic E-state index is 12.4. The fourth-order valence-electron chi connectivity index (χ4n) is 4.74. The van der Waals surface area contributed by atoms with Crippen LogP contribution >= 0.6 is 0 Å². The highest BCUT2D eigenvalue weighted by atomic mass is 32.2. The summed E-state index contributed by atoms with van der Waals surface area (Å²) in [6, 6.07) is 6.71. The van der Waals surface area contributed by atoms with Gasteiger partial charge in [0, 0.05) is 18.6 Å². The van der Waals surface area contributed by atoms with E-state index in [4.69, 9.17) is 5.11 Å². The second-order valence-corrected chi connectivity index (χ2v) is 9.91. The molecule has 1 aromatic carbocycles. The first-order valence-corrected chi connectivity index (χ1v) is 11.8. The van der Waals surface area contributed by atoms with Crippen LogP contribution in [0, 0.1) is 30.6 Å². The highest BCUT2D eigenvalue weighted by Gasteiger charge is 2.46. The van der Waals surface area contributed by atoms with Gasteiger partial charge in [-0.2, -0.15) is 13.5 Å². The molecule has 2 aliphatic rings. The van der Waals surface area contributed by atoms with Crippen molar-refractivity contribution in [1.82, 2.24) is 4.83 Å². The van der Waals surface area contributed by atoms with Gasteiger partial charge in [-0.25, -0.2) is 4.83 Å². The van der Waals surface area contributed by atoms with Crippen LogP contribution in [-0.4, -0.2) is 25.7 Å². The maximum Gasteiger partial charge on any atom is 0.303 e. The molecule has 0 aliphatic heterocycles. The van der Waals surface area contributed by atoms with E-state index in [1.807, 2.05) is 6.92 Å². The highest BCUT2D eigenvalue weighted by Crippen LogP contribution is 2.52. The smallest absolute Gasteiger partial charge is 0.303 e. The molecule has 1 aromatic rings. The van der Waals surface area contributed by atoms with Crippen LogP contribution in [0.3, 0.4) is 0 Å². The van der Waals surface area contributed by atoms with E-state index in [-0.39, 0.29) is 17.2 Å². The number of aryl methyl sites for hydroxylation is 1. The monoisotopic (exact) mass is 418 g/mol. The molecule has 0 heterocycles. The quantitative estimate of drug-likeness (QED) is 0.258. The van der Waals surface area contributed by atoms with E-state index in [1.54, 1.807) is 30.5 Å². The average molecular weight is 419 g/mol. The SMILES string of the molecule is Cc1ccc(S(=O)(=O)NN=CC2C3CCC(C3)C2C/C=C\CCCC(=O)O)cc1. The van der Waals surface area contributed by atoms with Crippen LogP contribution in [0.1, 0.15) is 50.5 Å². The Morgan fingerprint density at radius 3 is 2.66 bits per heavy atom. The molecule has 3 rings (SSSR count). The van der Waals surface area contributed by atoms with Crippen molar-refractivity contribution < 1.29 is 18.3 Å². The zero-order valence-corrected chi connectivity index (χ0v) is 17.6. The molecule has 2 aliphatic carbocycles. The van der Waals surface area contributed by atoms with Gasteiger partial charge in [-0.15, -0.1) is 0 Å². The second kappa shape index (κ2) is 9.57. The third-order valence-corrected chi connectivity index (χ3v) is 7.48. The fraction of sp³-hybridized carbons (Fsp3) is 0.545. The minimum atomic E-state index is -3.64. The first kappa shape index (κ1) is 21.6. The molecule has 4 unspecified atom stereocenters. The van der Waals surface area contributed by atoms with Gasteiger partial charge in [0.15, 0.2) is 0 Å². The van der Waals surface area contributed by atoms with E-state index in [9.17, 15) is 13.2 Å².